The van der Waals surface area contributed by atoms with Gasteiger partial charge in [0.05, 0.1) is 30.7 Å². The molecule has 1 aliphatic carbocycles. The van der Waals surface area contributed by atoms with Crippen LogP contribution in [0.4, 0.5) is 11.4 Å². The van der Waals surface area contributed by atoms with E-state index in [0.29, 0.717) is 17.2 Å². The quantitative estimate of drug-likeness (QED) is 0.852. The number of nitrogens with zero attached hydrogens (tertiary/aromatic N) is 2. The van der Waals surface area contributed by atoms with Crippen molar-refractivity contribution in [3.05, 3.63) is 17.7 Å². The molecule has 0 spiro atoms. The van der Waals surface area contributed by atoms with Gasteiger partial charge < -0.3 is 20.1 Å². The van der Waals surface area contributed by atoms with Gasteiger partial charge in [-0.05, 0) is 37.3 Å². The van der Waals surface area contributed by atoms with Crippen LogP contribution >= 0.6 is 0 Å². The van der Waals surface area contributed by atoms with Gasteiger partial charge in [-0.25, -0.2) is 0 Å². The van der Waals surface area contributed by atoms with Crippen molar-refractivity contribution in [3.63, 3.8) is 0 Å². The van der Waals surface area contributed by atoms with Gasteiger partial charge in [0.15, 0.2) is 0 Å². The molecule has 1 aromatic carbocycles. The molecule has 3 rings (SSSR count). The van der Waals surface area contributed by atoms with Crippen molar-refractivity contribution in [2.24, 2.45) is 11.8 Å². The number of rotatable bonds is 5. The maximum Gasteiger partial charge on any atom is 0.312 e. The first-order chi connectivity index (χ1) is 12.0. The van der Waals surface area contributed by atoms with Gasteiger partial charge in [-0.1, -0.05) is 18.9 Å². The molecule has 0 amide bonds. The Morgan fingerprint density at radius 2 is 2.12 bits per heavy atom. The van der Waals surface area contributed by atoms with Crippen molar-refractivity contribution in [3.8, 4) is 11.8 Å². The number of carboxylic acids is 1. The molecule has 0 radical (unpaired) electrons. The molecule has 0 bridgehead atoms. The van der Waals surface area contributed by atoms with E-state index >= 15 is 0 Å². The summed E-state index contributed by atoms with van der Waals surface area (Å²) >= 11 is 0. The van der Waals surface area contributed by atoms with Gasteiger partial charge in [0.2, 0.25) is 0 Å². The minimum absolute atomic E-state index is 0.138. The molecule has 25 heavy (non-hydrogen) atoms. The largest absolute Gasteiger partial charge is 0.495 e. The summed E-state index contributed by atoms with van der Waals surface area (Å²) in [7, 11) is 3.62. The Morgan fingerprint density at radius 1 is 1.44 bits per heavy atom. The maximum atomic E-state index is 11.9. The fourth-order valence-corrected chi connectivity index (χ4v) is 4.31. The topological polar surface area (TPSA) is 85.6 Å². The Balaban J connectivity index is 2.08. The molecule has 6 nitrogen and oxygen atoms in total. The fraction of sp³-hybridized carbons (Fsp3) is 0.579. The molecule has 0 aromatic heterocycles. The third kappa shape index (κ3) is 2.88. The Morgan fingerprint density at radius 3 is 2.68 bits per heavy atom. The minimum atomic E-state index is -0.973. The highest BCUT2D eigenvalue weighted by molar-refractivity contribution is 5.89. The van der Waals surface area contributed by atoms with Crippen molar-refractivity contribution >= 4 is 17.3 Å². The standard InChI is InChI=1S/C19H25N3O3/c1-11(10-20)15(19(23)24)13-8-9-14(25-3)16-17(13)22(2)18(21-16)12-6-4-5-7-12/h8-9,11-12,15,18,21H,4-7H2,1-3H3,(H,23,24). The number of carboxylic acid groups (broad SMARTS) is 1. The second kappa shape index (κ2) is 6.83. The first kappa shape index (κ1) is 17.4. The van der Waals surface area contributed by atoms with Gasteiger partial charge in [-0.2, -0.15) is 5.26 Å². The molecule has 2 aliphatic rings. The number of hydrogen-bond donors (Lipinski definition) is 2. The van der Waals surface area contributed by atoms with Gasteiger partial charge in [0, 0.05) is 7.05 Å². The average molecular weight is 343 g/mol. The predicted octanol–water partition coefficient (Wildman–Crippen LogP) is 3.40. The van der Waals surface area contributed by atoms with E-state index < -0.39 is 17.8 Å². The lowest BCUT2D eigenvalue weighted by molar-refractivity contribution is -0.139. The summed E-state index contributed by atoms with van der Waals surface area (Å²) in [5.41, 5.74) is 2.37. The van der Waals surface area contributed by atoms with E-state index in [1.165, 1.54) is 25.7 Å². The van der Waals surface area contributed by atoms with Gasteiger partial charge in [0.1, 0.15) is 17.6 Å². The van der Waals surface area contributed by atoms with E-state index in [0.717, 1.165) is 11.4 Å². The van der Waals surface area contributed by atoms with Crippen LogP contribution < -0.4 is 15.0 Å². The number of nitrogens with one attached hydrogen (secondary N) is 1. The highest BCUT2D eigenvalue weighted by Gasteiger charge is 2.40. The molecule has 134 valence electrons. The average Bonchev–Trinajstić information content (AvgIpc) is 3.23. The monoisotopic (exact) mass is 343 g/mol. The molecule has 2 N–H and O–H groups in total. The van der Waals surface area contributed by atoms with Gasteiger partial charge in [-0.15, -0.1) is 0 Å². The number of methoxy groups -OCH3 is 1. The van der Waals surface area contributed by atoms with Crippen LogP contribution in [0.2, 0.25) is 0 Å². The number of benzene rings is 1. The van der Waals surface area contributed by atoms with Crippen LogP contribution in [-0.4, -0.2) is 31.4 Å². The van der Waals surface area contributed by atoms with Gasteiger partial charge in [-0.3, -0.25) is 4.79 Å². The lowest BCUT2D eigenvalue weighted by atomic mass is 9.86. The minimum Gasteiger partial charge on any atom is -0.495 e. The van der Waals surface area contributed by atoms with E-state index in [2.05, 4.69) is 16.3 Å². The number of nitriles is 1. The number of carbonyl (C=O) groups is 1. The highest BCUT2D eigenvalue weighted by Crippen LogP contribution is 2.49. The van der Waals surface area contributed by atoms with Crippen molar-refractivity contribution in [2.75, 3.05) is 24.4 Å². The lowest BCUT2D eigenvalue weighted by Gasteiger charge is -2.29. The number of aliphatic carboxylic acids is 1. The zero-order chi connectivity index (χ0) is 18.1. The summed E-state index contributed by atoms with van der Waals surface area (Å²) in [6.45, 7) is 1.66. The second-order valence-electron chi connectivity index (χ2n) is 7.06. The summed E-state index contributed by atoms with van der Waals surface area (Å²) in [4.78, 5) is 14.0. The van der Waals surface area contributed by atoms with Crippen molar-refractivity contribution < 1.29 is 14.6 Å². The van der Waals surface area contributed by atoms with Crippen molar-refractivity contribution in [1.82, 2.24) is 0 Å². The molecular weight excluding hydrogens is 318 g/mol. The van der Waals surface area contributed by atoms with Gasteiger partial charge >= 0.3 is 5.97 Å². The zero-order valence-corrected chi connectivity index (χ0v) is 15.0. The molecule has 1 fully saturated rings. The van der Waals surface area contributed by atoms with Crippen molar-refractivity contribution in [1.29, 1.82) is 5.26 Å². The van der Waals surface area contributed by atoms with Crippen LogP contribution in [0, 0.1) is 23.2 Å². The summed E-state index contributed by atoms with van der Waals surface area (Å²) < 4.78 is 5.50. The highest BCUT2D eigenvalue weighted by atomic mass is 16.5. The first-order valence-electron chi connectivity index (χ1n) is 8.82. The number of fused-ring (bicyclic) bond motifs is 1. The molecule has 0 saturated heterocycles. The maximum absolute atomic E-state index is 11.9. The van der Waals surface area contributed by atoms with Crippen molar-refractivity contribution in [2.45, 2.75) is 44.7 Å². The van der Waals surface area contributed by atoms with Crippen LogP contribution in [0.15, 0.2) is 12.1 Å². The lowest BCUT2D eigenvalue weighted by Crippen LogP contribution is -2.38. The van der Waals surface area contributed by atoms with E-state index in [-0.39, 0.29) is 6.17 Å². The summed E-state index contributed by atoms with van der Waals surface area (Å²) in [5.74, 6) is -1.21. The predicted molar refractivity (Wildman–Crippen MR) is 95.9 cm³/mol. The SMILES string of the molecule is COc1ccc(C(C(=O)O)C(C)C#N)c2c1NC(C1CCCC1)N2C. The Hall–Kier alpha value is -2.42. The summed E-state index contributed by atoms with van der Waals surface area (Å²) in [6.07, 6.45) is 4.95. The normalized spacial score (nSPS) is 22.0. The summed E-state index contributed by atoms with van der Waals surface area (Å²) in [5, 5.41) is 22.6. The third-order valence-corrected chi connectivity index (χ3v) is 5.60. The van der Waals surface area contributed by atoms with E-state index in [1.54, 1.807) is 26.2 Å². The Kier molecular flexibility index (Phi) is 4.76. The van der Waals surface area contributed by atoms with Crippen LogP contribution in [0.1, 0.15) is 44.1 Å². The molecule has 3 unspecified atom stereocenters. The van der Waals surface area contributed by atoms with E-state index in [9.17, 15) is 15.2 Å². The number of hydrogen-bond acceptors (Lipinski definition) is 5. The second-order valence-corrected chi connectivity index (χ2v) is 7.06. The number of ether oxygens (including phenoxy) is 1. The van der Waals surface area contributed by atoms with E-state index in [1.807, 2.05) is 7.05 Å². The Labute approximate surface area is 148 Å². The van der Waals surface area contributed by atoms with Crippen LogP contribution in [0.25, 0.3) is 0 Å². The zero-order valence-electron chi connectivity index (χ0n) is 15.0. The molecule has 3 atom stereocenters. The van der Waals surface area contributed by atoms with E-state index in [4.69, 9.17) is 4.74 Å². The fourth-order valence-electron chi connectivity index (χ4n) is 4.31. The molecule has 6 heteroatoms. The molecule has 1 aromatic rings. The number of anilines is 2. The van der Waals surface area contributed by atoms with Crippen LogP contribution in [0.5, 0.6) is 5.75 Å². The van der Waals surface area contributed by atoms with Crippen LogP contribution in [-0.2, 0) is 4.79 Å². The molecule has 1 saturated carbocycles. The molecular formula is C19H25N3O3. The smallest absolute Gasteiger partial charge is 0.312 e. The molecule has 1 aliphatic heterocycles. The summed E-state index contributed by atoms with van der Waals surface area (Å²) in [6, 6.07) is 5.68. The van der Waals surface area contributed by atoms with Crippen LogP contribution in [0.3, 0.4) is 0 Å². The molecule has 1 heterocycles. The third-order valence-electron chi connectivity index (χ3n) is 5.60. The first-order valence-corrected chi connectivity index (χ1v) is 8.82. The Bertz CT molecular complexity index is 707. The van der Waals surface area contributed by atoms with Gasteiger partial charge in [0.25, 0.3) is 0 Å².